The van der Waals surface area contributed by atoms with Gasteiger partial charge in [-0.25, -0.2) is 9.59 Å². The first kappa shape index (κ1) is 16.1. The lowest BCUT2D eigenvalue weighted by atomic mass is 10.1. The van der Waals surface area contributed by atoms with Crippen molar-refractivity contribution in [1.29, 1.82) is 0 Å². The van der Waals surface area contributed by atoms with Crippen molar-refractivity contribution in [3.05, 3.63) is 23.5 Å². The van der Waals surface area contributed by atoms with Crippen molar-refractivity contribution in [2.75, 3.05) is 19.1 Å². The number of carbonyl (C=O) groups excluding carboxylic acids is 3. The van der Waals surface area contributed by atoms with Crippen LogP contribution in [0.3, 0.4) is 0 Å². The Kier molecular flexibility index (Phi) is 5.19. The highest BCUT2D eigenvalue weighted by atomic mass is 16.5. The molecule has 0 spiro atoms. The normalized spacial score (nSPS) is 14.6. The highest BCUT2D eigenvalue weighted by Crippen LogP contribution is 2.25. The molecule has 0 saturated heterocycles. The van der Waals surface area contributed by atoms with Crippen LogP contribution < -0.4 is 5.43 Å². The first-order valence-corrected chi connectivity index (χ1v) is 7.36. The lowest BCUT2D eigenvalue weighted by molar-refractivity contribution is -0.120. The summed E-state index contributed by atoms with van der Waals surface area (Å²) in [6.07, 6.45) is 5.19. The molecule has 1 aliphatic carbocycles. The van der Waals surface area contributed by atoms with E-state index in [1.807, 2.05) is 0 Å². The van der Waals surface area contributed by atoms with Crippen molar-refractivity contribution in [2.24, 2.45) is 5.92 Å². The number of aromatic nitrogens is 1. The van der Waals surface area contributed by atoms with Crippen molar-refractivity contribution in [2.45, 2.75) is 32.6 Å². The van der Waals surface area contributed by atoms with Gasteiger partial charge in [-0.3, -0.25) is 14.9 Å². The second kappa shape index (κ2) is 7.11. The molecule has 0 bridgehead atoms. The molecule has 1 heterocycles. The van der Waals surface area contributed by atoms with E-state index >= 15 is 0 Å². The number of hydrogen-bond acceptors (Lipinski definition) is 5. The summed E-state index contributed by atoms with van der Waals surface area (Å²) in [5, 5.41) is 0. The van der Waals surface area contributed by atoms with Crippen LogP contribution in [0.15, 0.2) is 12.3 Å². The summed E-state index contributed by atoms with van der Waals surface area (Å²) in [6, 6.07) is 1.42. The molecule has 0 unspecified atom stereocenters. The first-order chi connectivity index (χ1) is 10.6. The van der Waals surface area contributed by atoms with Gasteiger partial charge in [0.05, 0.1) is 19.3 Å². The molecule has 7 nitrogen and oxygen atoms in total. The van der Waals surface area contributed by atoms with Gasteiger partial charge in [0.1, 0.15) is 0 Å². The molecular weight excluding hydrogens is 288 g/mol. The summed E-state index contributed by atoms with van der Waals surface area (Å²) < 4.78 is 10.8. The molecule has 22 heavy (non-hydrogen) atoms. The summed E-state index contributed by atoms with van der Waals surface area (Å²) >= 11 is 0. The summed E-state index contributed by atoms with van der Waals surface area (Å²) in [5.74, 6) is -1.55. The molecular formula is C15H20N2O5. The smallest absolute Gasteiger partial charge is 0.357 e. The van der Waals surface area contributed by atoms with Crippen LogP contribution in [0.2, 0.25) is 0 Å². The fourth-order valence-electron chi connectivity index (χ4n) is 2.61. The molecule has 1 fully saturated rings. The molecule has 120 valence electrons. The van der Waals surface area contributed by atoms with Crippen molar-refractivity contribution in [3.8, 4) is 0 Å². The summed E-state index contributed by atoms with van der Waals surface area (Å²) in [5.41, 5.74) is 2.70. The largest absolute Gasteiger partial charge is 0.465 e. The van der Waals surface area contributed by atoms with Crippen LogP contribution in [0.1, 0.15) is 53.5 Å². The summed E-state index contributed by atoms with van der Waals surface area (Å²) in [7, 11) is 1.23. The van der Waals surface area contributed by atoms with E-state index in [9.17, 15) is 14.4 Å². The number of esters is 2. The Balaban J connectivity index is 2.26. The molecule has 1 amide bonds. The predicted molar refractivity (Wildman–Crippen MR) is 78.1 cm³/mol. The SMILES string of the molecule is CCOC(=O)c1c(C(=O)OC)ccn1NC(=O)C1CCCC1. The fourth-order valence-corrected chi connectivity index (χ4v) is 2.61. The summed E-state index contributed by atoms with van der Waals surface area (Å²) in [4.78, 5) is 36.0. The van der Waals surface area contributed by atoms with E-state index in [0.717, 1.165) is 25.7 Å². The average Bonchev–Trinajstić information content (AvgIpc) is 3.16. The highest BCUT2D eigenvalue weighted by molar-refractivity contribution is 6.03. The molecule has 0 atom stereocenters. The fraction of sp³-hybridized carbons (Fsp3) is 0.533. The van der Waals surface area contributed by atoms with Gasteiger partial charge >= 0.3 is 11.9 Å². The van der Waals surface area contributed by atoms with Crippen LogP contribution in [0.5, 0.6) is 0 Å². The number of nitrogens with zero attached hydrogens (tertiary/aromatic N) is 1. The Morgan fingerprint density at radius 2 is 1.95 bits per heavy atom. The van der Waals surface area contributed by atoms with Gasteiger partial charge < -0.3 is 9.47 Å². The summed E-state index contributed by atoms with van der Waals surface area (Å²) in [6.45, 7) is 1.83. The van der Waals surface area contributed by atoms with Gasteiger partial charge in [-0.2, -0.15) is 0 Å². The van der Waals surface area contributed by atoms with E-state index in [-0.39, 0.29) is 29.7 Å². The van der Waals surface area contributed by atoms with Crippen LogP contribution in [0, 0.1) is 5.92 Å². The Morgan fingerprint density at radius 1 is 1.27 bits per heavy atom. The van der Waals surface area contributed by atoms with Gasteiger partial charge in [0, 0.05) is 12.1 Å². The third-order valence-corrected chi connectivity index (χ3v) is 3.72. The number of amides is 1. The minimum Gasteiger partial charge on any atom is -0.465 e. The monoisotopic (exact) mass is 308 g/mol. The maximum absolute atomic E-state index is 12.2. The standard InChI is InChI=1S/C15H20N2O5/c1-3-22-15(20)12-11(14(19)21-2)8-9-17(12)16-13(18)10-6-4-5-7-10/h8-10H,3-7H2,1-2H3,(H,16,18). The van der Waals surface area contributed by atoms with E-state index in [0.29, 0.717) is 0 Å². The second-order valence-corrected chi connectivity index (χ2v) is 5.12. The molecule has 1 aromatic heterocycles. The van der Waals surface area contributed by atoms with Crippen LogP contribution in [-0.4, -0.2) is 36.2 Å². The van der Waals surface area contributed by atoms with Gasteiger partial charge in [0.2, 0.25) is 5.91 Å². The van der Waals surface area contributed by atoms with Gasteiger partial charge in [-0.15, -0.1) is 0 Å². The molecule has 1 N–H and O–H groups in total. The Labute approximate surface area is 128 Å². The van der Waals surface area contributed by atoms with Gasteiger partial charge in [0.25, 0.3) is 0 Å². The zero-order valence-electron chi connectivity index (χ0n) is 12.8. The van der Waals surface area contributed by atoms with Gasteiger partial charge in [-0.1, -0.05) is 12.8 Å². The van der Waals surface area contributed by atoms with Crippen molar-refractivity contribution >= 4 is 17.8 Å². The maximum Gasteiger partial charge on any atom is 0.357 e. The molecule has 1 aromatic rings. The number of nitrogens with one attached hydrogen (secondary N) is 1. The van der Waals surface area contributed by atoms with E-state index in [1.165, 1.54) is 24.0 Å². The molecule has 0 aromatic carbocycles. The van der Waals surface area contributed by atoms with Crippen LogP contribution in [0.4, 0.5) is 0 Å². The van der Waals surface area contributed by atoms with Crippen molar-refractivity contribution in [1.82, 2.24) is 4.68 Å². The number of carbonyl (C=O) groups is 3. The first-order valence-electron chi connectivity index (χ1n) is 7.36. The van der Waals surface area contributed by atoms with Crippen LogP contribution in [-0.2, 0) is 14.3 Å². The minimum atomic E-state index is -0.681. The quantitative estimate of drug-likeness (QED) is 0.837. The van der Waals surface area contributed by atoms with E-state index in [4.69, 9.17) is 4.74 Å². The van der Waals surface area contributed by atoms with Gasteiger partial charge in [0.15, 0.2) is 5.69 Å². The number of hydrogen-bond donors (Lipinski definition) is 1. The van der Waals surface area contributed by atoms with Crippen molar-refractivity contribution < 1.29 is 23.9 Å². The molecule has 2 rings (SSSR count). The van der Waals surface area contributed by atoms with Gasteiger partial charge in [-0.05, 0) is 25.8 Å². The van der Waals surface area contributed by atoms with E-state index in [2.05, 4.69) is 10.2 Å². The van der Waals surface area contributed by atoms with E-state index < -0.39 is 11.9 Å². The number of rotatable bonds is 5. The topological polar surface area (TPSA) is 86.6 Å². The van der Waals surface area contributed by atoms with Crippen LogP contribution >= 0.6 is 0 Å². The molecule has 1 aliphatic rings. The maximum atomic E-state index is 12.2. The minimum absolute atomic E-state index is 0.0277. The molecule has 0 radical (unpaired) electrons. The zero-order chi connectivity index (χ0) is 16.1. The predicted octanol–water partition coefficient (Wildman–Crippen LogP) is 1.71. The molecule has 7 heteroatoms. The molecule has 1 saturated carbocycles. The van der Waals surface area contributed by atoms with E-state index in [1.54, 1.807) is 6.92 Å². The Morgan fingerprint density at radius 3 is 2.55 bits per heavy atom. The Bertz CT molecular complexity index is 572. The Hall–Kier alpha value is -2.31. The third-order valence-electron chi connectivity index (χ3n) is 3.72. The highest BCUT2D eigenvalue weighted by Gasteiger charge is 2.27. The number of methoxy groups -OCH3 is 1. The lowest BCUT2D eigenvalue weighted by Crippen LogP contribution is -2.31. The lowest BCUT2D eigenvalue weighted by Gasteiger charge is -2.14. The van der Waals surface area contributed by atoms with Crippen LogP contribution in [0.25, 0.3) is 0 Å². The van der Waals surface area contributed by atoms with Crippen molar-refractivity contribution in [3.63, 3.8) is 0 Å². The average molecular weight is 308 g/mol. The zero-order valence-corrected chi connectivity index (χ0v) is 12.8. The third kappa shape index (κ3) is 3.29. The number of ether oxygens (including phenoxy) is 2. The molecule has 0 aliphatic heterocycles. The second-order valence-electron chi connectivity index (χ2n) is 5.12.